The molecule has 0 aliphatic heterocycles. The van der Waals surface area contributed by atoms with Crippen molar-refractivity contribution in [2.75, 3.05) is 6.61 Å². The highest BCUT2D eigenvalue weighted by Gasteiger charge is 2.37. The Morgan fingerprint density at radius 2 is 2.07 bits per heavy atom. The molecule has 0 spiro atoms. The van der Waals surface area contributed by atoms with Gasteiger partial charge < -0.3 is 15.6 Å². The topological polar surface area (TPSA) is 55.5 Å². The maximum Gasteiger partial charge on any atom is 0.160 e. The second kappa shape index (κ2) is 3.50. The number of hydrogen-bond donors (Lipinski definition) is 2. The summed E-state index contributed by atoms with van der Waals surface area (Å²) in [6.07, 6.45) is 3.05. The molecule has 0 atom stereocenters. The maximum absolute atomic E-state index is 9.40. The Balaban J connectivity index is 1.83. The van der Waals surface area contributed by atoms with Crippen LogP contribution in [0, 0.1) is 0 Å². The van der Waals surface area contributed by atoms with Gasteiger partial charge in [0.2, 0.25) is 0 Å². The van der Waals surface area contributed by atoms with Crippen molar-refractivity contribution in [1.82, 2.24) is 0 Å². The predicted octanol–water partition coefficient (Wildman–Crippen LogP) is 1.65. The van der Waals surface area contributed by atoms with Crippen molar-refractivity contribution in [3.05, 3.63) is 24.3 Å². The first-order valence-corrected chi connectivity index (χ1v) is 4.89. The Kier molecular flexibility index (Phi) is 2.33. The Morgan fingerprint density at radius 1 is 1.36 bits per heavy atom. The molecule has 0 unspecified atom stereocenters. The van der Waals surface area contributed by atoms with Crippen molar-refractivity contribution < 1.29 is 9.84 Å². The quantitative estimate of drug-likeness (QED) is 0.764. The van der Waals surface area contributed by atoms with E-state index in [9.17, 15) is 5.11 Å². The molecule has 1 fully saturated rings. The number of rotatable bonds is 4. The number of hydrogen-bond acceptors (Lipinski definition) is 3. The van der Waals surface area contributed by atoms with E-state index in [1.807, 2.05) is 6.07 Å². The number of aromatic hydroxyl groups is 1. The first kappa shape index (κ1) is 9.34. The molecular weight excluding hydrogens is 178 g/mol. The predicted molar refractivity (Wildman–Crippen MR) is 54.4 cm³/mol. The van der Waals surface area contributed by atoms with Gasteiger partial charge >= 0.3 is 0 Å². The lowest BCUT2D eigenvalue weighted by atomic mass is 10.2. The summed E-state index contributed by atoms with van der Waals surface area (Å²) in [7, 11) is 0. The maximum atomic E-state index is 9.40. The Morgan fingerprint density at radius 3 is 2.71 bits per heavy atom. The fourth-order valence-corrected chi connectivity index (χ4v) is 1.35. The van der Waals surface area contributed by atoms with E-state index in [2.05, 4.69) is 0 Å². The molecule has 1 aromatic carbocycles. The van der Waals surface area contributed by atoms with E-state index in [1.165, 1.54) is 0 Å². The van der Waals surface area contributed by atoms with Crippen molar-refractivity contribution in [3.63, 3.8) is 0 Å². The van der Waals surface area contributed by atoms with Gasteiger partial charge in [-0.05, 0) is 31.4 Å². The fourth-order valence-electron chi connectivity index (χ4n) is 1.35. The van der Waals surface area contributed by atoms with Crippen LogP contribution in [-0.2, 0) is 0 Å². The molecule has 2 rings (SSSR count). The number of nitrogens with two attached hydrogens (primary N) is 1. The van der Waals surface area contributed by atoms with Gasteiger partial charge in [-0.2, -0.15) is 0 Å². The third kappa shape index (κ3) is 2.17. The summed E-state index contributed by atoms with van der Waals surface area (Å²) in [6, 6.07) is 6.98. The molecule has 1 aromatic rings. The van der Waals surface area contributed by atoms with Crippen LogP contribution in [0.2, 0.25) is 0 Å². The lowest BCUT2D eigenvalue weighted by molar-refractivity contribution is 0.279. The molecule has 1 saturated carbocycles. The van der Waals surface area contributed by atoms with Gasteiger partial charge in [0.15, 0.2) is 11.5 Å². The highest BCUT2D eigenvalue weighted by atomic mass is 16.5. The number of benzene rings is 1. The van der Waals surface area contributed by atoms with Gasteiger partial charge in [-0.25, -0.2) is 0 Å². The smallest absolute Gasteiger partial charge is 0.160 e. The zero-order chi connectivity index (χ0) is 10.0. The van der Waals surface area contributed by atoms with Crippen LogP contribution >= 0.6 is 0 Å². The molecule has 3 heteroatoms. The lowest BCUT2D eigenvalue weighted by Crippen LogP contribution is -2.24. The molecule has 14 heavy (non-hydrogen) atoms. The van der Waals surface area contributed by atoms with Crippen molar-refractivity contribution in [2.24, 2.45) is 5.73 Å². The minimum atomic E-state index is 0.0183. The molecule has 0 aromatic heterocycles. The average molecular weight is 193 g/mol. The molecule has 0 radical (unpaired) electrons. The summed E-state index contributed by atoms with van der Waals surface area (Å²) in [5, 5.41) is 9.40. The number of phenolic OH excluding ortho intramolecular Hbond substituents is 1. The van der Waals surface area contributed by atoms with Crippen molar-refractivity contribution in [3.8, 4) is 11.5 Å². The molecule has 1 aliphatic rings. The van der Waals surface area contributed by atoms with Crippen LogP contribution in [-0.4, -0.2) is 17.3 Å². The summed E-state index contributed by atoms with van der Waals surface area (Å²) in [6.45, 7) is 0.577. The second-order valence-corrected chi connectivity index (χ2v) is 3.93. The zero-order valence-electron chi connectivity index (χ0n) is 8.07. The minimum Gasteiger partial charge on any atom is -0.504 e. The van der Waals surface area contributed by atoms with E-state index in [0.29, 0.717) is 12.4 Å². The van der Waals surface area contributed by atoms with Gasteiger partial charge in [0.1, 0.15) is 0 Å². The normalized spacial score (nSPS) is 17.8. The van der Waals surface area contributed by atoms with Crippen LogP contribution in [0.1, 0.15) is 19.3 Å². The Hall–Kier alpha value is -1.22. The van der Waals surface area contributed by atoms with Gasteiger partial charge in [-0.3, -0.25) is 0 Å². The van der Waals surface area contributed by atoms with Gasteiger partial charge in [-0.1, -0.05) is 12.1 Å². The molecule has 3 nitrogen and oxygen atoms in total. The van der Waals surface area contributed by atoms with E-state index < -0.39 is 0 Å². The number of para-hydroxylation sites is 2. The highest BCUT2D eigenvalue weighted by Crippen LogP contribution is 2.35. The highest BCUT2D eigenvalue weighted by molar-refractivity contribution is 5.37. The van der Waals surface area contributed by atoms with Gasteiger partial charge in [-0.15, -0.1) is 0 Å². The minimum absolute atomic E-state index is 0.0183. The van der Waals surface area contributed by atoms with Crippen LogP contribution in [0.3, 0.4) is 0 Å². The molecule has 1 aliphatic carbocycles. The SMILES string of the molecule is NC1(CCOc2ccccc2O)CC1. The van der Waals surface area contributed by atoms with E-state index in [-0.39, 0.29) is 11.3 Å². The van der Waals surface area contributed by atoms with Crippen molar-refractivity contribution in [2.45, 2.75) is 24.8 Å². The van der Waals surface area contributed by atoms with Crippen LogP contribution in [0.4, 0.5) is 0 Å². The van der Waals surface area contributed by atoms with Gasteiger partial charge in [0, 0.05) is 5.54 Å². The van der Waals surface area contributed by atoms with E-state index >= 15 is 0 Å². The molecule has 0 bridgehead atoms. The Labute approximate surface area is 83.5 Å². The molecule has 76 valence electrons. The fraction of sp³-hybridized carbons (Fsp3) is 0.455. The van der Waals surface area contributed by atoms with E-state index in [4.69, 9.17) is 10.5 Å². The third-order valence-electron chi connectivity index (χ3n) is 2.62. The average Bonchev–Trinajstić information content (AvgIpc) is 2.88. The monoisotopic (exact) mass is 193 g/mol. The van der Waals surface area contributed by atoms with Crippen molar-refractivity contribution in [1.29, 1.82) is 0 Å². The number of phenols is 1. The summed E-state index contributed by atoms with van der Waals surface area (Å²) < 4.78 is 5.42. The zero-order valence-corrected chi connectivity index (χ0v) is 8.07. The molecule has 3 N–H and O–H groups in total. The molecule has 0 saturated heterocycles. The lowest BCUT2D eigenvalue weighted by Gasteiger charge is -2.10. The first-order valence-electron chi connectivity index (χ1n) is 4.89. The van der Waals surface area contributed by atoms with Gasteiger partial charge in [0.25, 0.3) is 0 Å². The number of ether oxygens (including phenoxy) is 1. The van der Waals surface area contributed by atoms with E-state index in [1.54, 1.807) is 18.2 Å². The first-order chi connectivity index (χ1) is 6.70. The van der Waals surface area contributed by atoms with Gasteiger partial charge in [0.05, 0.1) is 6.61 Å². The van der Waals surface area contributed by atoms with E-state index in [0.717, 1.165) is 19.3 Å². The summed E-state index contributed by atoms with van der Waals surface area (Å²) in [4.78, 5) is 0. The third-order valence-corrected chi connectivity index (χ3v) is 2.62. The summed E-state index contributed by atoms with van der Waals surface area (Å²) >= 11 is 0. The second-order valence-electron chi connectivity index (χ2n) is 3.93. The summed E-state index contributed by atoms with van der Waals surface area (Å²) in [5.74, 6) is 0.728. The Bertz CT molecular complexity index is 321. The van der Waals surface area contributed by atoms with Crippen LogP contribution in [0.25, 0.3) is 0 Å². The summed E-state index contributed by atoms with van der Waals surface area (Å²) in [5.41, 5.74) is 5.92. The van der Waals surface area contributed by atoms with Crippen molar-refractivity contribution >= 4 is 0 Å². The molecule has 0 amide bonds. The van der Waals surface area contributed by atoms with Crippen LogP contribution in [0.5, 0.6) is 11.5 Å². The molecule has 0 heterocycles. The standard InChI is InChI=1S/C11H15NO2/c12-11(5-6-11)7-8-14-10-4-2-1-3-9(10)13/h1-4,13H,5-8,12H2. The van der Waals surface area contributed by atoms with Crippen LogP contribution in [0.15, 0.2) is 24.3 Å². The van der Waals surface area contributed by atoms with Crippen LogP contribution < -0.4 is 10.5 Å². The molecular formula is C11H15NO2. The largest absolute Gasteiger partial charge is 0.504 e.